The monoisotopic (exact) mass is 738 g/mol. The van der Waals surface area contributed by atoms with Crippen LogP contribution in [0.2, 0.25) is 0 Å². The van der Waals surface area contributed by atoms with Gasteiger partial charge in [0.1, 0.15) is 11.2 Å². The van der Waals surface area contributed by atoms with Crippen LogP contribution in [0.4, 0.5) is 34.1 Å². The molecule has 4 heteroatoms. The van der Waals surface area contributed by atoms with E-state index in [9.17, 15) is 0 Å². The van der Waals surface area contributed by atoms with Gasteiger partial charge in [-0.15, -0.1) is 0 Å². The van der Waals surface area contributed by atoms with Crippen LogP contribution in [0.25, 0.3) is 55.3 Å². The van der Waals surface area contributed by atoms with Crippen molar-refractivity contribution in [3.05, 3.63) is 212 Å². The highest BCUT2D eigenvalue weighted by Gasteiger charge is 2.43. The van der Waals surface area contributed by atoms with Crippen molar-refractivity contribution >= 4 is 79.2 Å². The number of rotatable bonds is 5. The molecule has 58 heavy (non-hydrogen) atoms. The molecule has 0 unspecified atom stereocenters. The van der Waals surface area contributed by atoms with Crippen LogP contribution in [0.1, 0.15) is 0 Å². The van der Waals surface area contributed by atoms with Crippen molar-refractivity contribution in [3.63, 3.8) is 0 Å². The summed E-state index contributed by atoms with van der Waals surface area (Å²) < 4.78 is 6.71. The number of benzene rings is 9. The third-order valence-corrected chi connectivity index (χ3v) is 12.1. The third-order valence-electron chi connectivity index (χ3n) is 12.1. The molecule has 1 aromatic heterocycles. The van der Waals surface area contributed by atoms with Gasteiger partial charge in [-0.1, -0.05) is 158 Å². The SMILES string of the molecule is c1ccc(-c2ccc(N3c4ccccc4B4c5ccccc5N(c5ccc(-c6ccccc6)cc5)c5cc(-c6cccc7c6oc6ccccc67)cc3c54)cc2)cc1. The zero-order valence-corrected chi connectivity index (χ0v) is 31.6. The maximum absolute atomic E-state index is 6.71. The maximum atomic E-state index is 6.71. The molecule has 0 N–H and O–H groups in total. The molecule has 2 aliphatic rings. The molecular formula is C54H35BN2O. The molecule has 0 saturated carbocycles. The minimum absolute atomic E-state index is 0.0353. The first kappa shape index (κ1) is 32.7. The number of anilines is 6. The van der Waals surface area contributed by atoms with E-state index in [1.54, 1.807) is 0 Å². The number of fused-ring (bicyclic) bond motifs is 7. The first-order chi connectivity index (χ1) is 28.8. The summed E-state index contributed by atoms with van der Waals surface area (Å²) in [5.41, 5.74) is 19.6. The van der Waals surface area contributed by atoms with Crippen molar-refractivity contribution in [1.82, 2.24) is 0 Å². The Bertz CT molecular complexity index is 3020. The molecule has 3 heterocycles. The molecule has 0 saturated heterocycles. The second kappa shape index (κ2) is 13.0. The lowest BCUT2D eigenvalue weighted by molar-refractivity contribution is 0.670. The number of hydrogen-bond acceptors (Lipinski definition) is 3. The normalized spacial score (nSPS) is 12.7. The van der Waals surface area contributed by atoms with Gasteiger partial charge in [0.15, 0.2) is 0 Å². The van der Waals surface area contributed by atoms with E-state index >= 15 is 0 Å². The molecule has 0 atom stereocenters. The van der Waals surface area contributed by atoms with Gasteiger partial charge in [0.05, 0.1) is 0 Å². The number of hydrogen-bond donors (Lipinski definition) is 0. The Labute approximate surface area is 337 Å². The van der Waals surface area contributed by atoms with Gasteiger partial charge in [-0.05, 0) is 98.8 Å². The van der Waals surface area contributed by atoms with Gasteiger partial charge in [-0.25, -0.2) is 0 Å². The Hall–Kier alpha value is -7.56. The van der Waals surface area contributed by atoms with E-state index in [1.807, 2.05) is 6.07 Å². The van der Waals surface area contributed by atoms with Gasteiger partial charge in [0.2, 0.25) is 0 Å². The molecule has 12 rings (SSSR count). The molecule has 0 radical (unpaired) electrons. The van der Waals surface area contributed by atoms with Gasteiger partial charge < -0.3 is 14.2 Å². The van der Waals surface area contributed by atoms with Crippen LogP contribution in [0.15, 0.2) is 217 Å². The van der Waals surface area contributed by atoms with E-state index in [2.05, 4.69) is 216 Å². The fourth-order valence-corrected chi connectivity index (χ4v) is 9.45. The fraction of sp³-hybridized carbons (Fsp3) is 0. The lowest BCUT2D eigenvalue weighted by Crippen LogP contribution is -2.61. The van der Waals surface area contributed by atoms with Crippen molar-refractivity contribution in [2.75, 3.05) is 9.80 Å². The fourth-order valence-electron chi connectivity index (χ4n) is 9.45. The zero-order chi connectivity index (χ0) is 38.2. The molecule has 270 valence electrons. The van der Waals surface area contributed by atoms with Crippen LogP contribution >= 0.6 is 0 Å². The lowest BCUT2D eigenvalue weighted by atomic mass is 9.33. The molecule has 0 bridgehead atoms. The first-order valence-electron chi connectivity index (χ1n) is 20.0. The molecule has 0 aliphatic carbocycles. The van der Waals surface area contributed by atoms with E-state index in [4.69, 9.17) is 4.42 Å². The van der Waals surface area contributed by atoms with Gasteiger partial charge in [0, 0.05) is 50.5 Å². The van der Waals surface area contributed by atoms with E-state index < -0.39 is 0 Å². The van der Waals surface area contributed by atoms with Crippen LogP contribution in [0.3, 0.4) is 0 Å². The summed E-state index contributed by atoms with van der Waals surface area (Å²) in [7, 11) is 0. The van der Waals surface area contributed by atoms with Crippen LogP contribution in [-0.4, -0.2) is 6.71 Å². The van der Waals surface area contributed by atoms with Gasteiger partial charge in [-0.2, -0.15) is 0 Å². The minimum Gasteiger partial charge on any atom is -0.455 e. The molecule has 0 amide bonds. The smallest absolute Gasteiger partial charge is 0.252 e. The topological polar surface area (TPSA) is 19.6 Å². The van der Waals surface area contributed by atoms with E-state index in [1.165, 1.54) is 50.0 Å². The molecule has 9 aromatic carbocycles. The van der Waals surface area contributed by atoms with Gasteiger partial charge in [0.25, 0.3) is 6.71 Å². The average Bonchev–Trinajstić information content (AvgIpc) is 3.69. The van der Waals surface area contributed by atoms with E-state index in [0.717, 1.165) is 55.8 Å². The quantitative estimate of drug-likeness (QED) is 0.164. The summed E-state index contributed by atoms with van der Waals surface area (Å²) in [5.74, 6) is 0. The first-order valence-corrected chi connectivity index (χ1v) is 20.0. The summed E-state index contributed by atoms with van der Waals surface area (Å²) in [6.45, 7) is 0.0353. The molecular weight excluding hydrogens is 703 g/mol. The van der Waals surface area contributed by atoms with Crippen LogP contribution in [0.5, 0.6) is 0 Å². The Balaban J connectivity index is 1.14. The van der Waals surface area contributed by atoms with Crippen molar-refractivity contribution in [3.8, 4) is 33.4 Å². The minimum atomic E-state index is 0.0353. The predicted molar refractivity (Wildman–Crippen MR) is 244 cm³/mol. The Morgan fingerprint density at radius 2 is 0.810 bits per heavy atom. The standard InChI is InChI=1S/C54H35BN2O/c1-3-14-36(15-4-1)38-26-30-41(31-27-38)56-48-23-10-8-21-46(48)55-47-22-9-11-24-49(47)57(42-32-28-39(29-33-42)37-16-5-2-6-17-37)51-35-40(34-50(56)53(51)55)43-19-13-20-45-44-18-7-12-25-52(44)58-54(43)45/h1-35H. The number of para-hydroxylation sites is 4. The Morgan fingerprint density at radius 1 is 0.345 bits per heavy atom. The van der Waals surface area contributed by atoms with Crippen molar-refractivity contribution in [2.45, 2.75) is 0 Å². The summed E-state index contributed by atoms with van der Waals surface area (Å²) in [6.07, 6.45) is 0. The molecule has 0 spiro atoms. The van der Waals surface area contributed by atoms with Gasteiger partial charge >= 0.3 is 0 Å². The Kier molecular flexibility index (Phi) is 7.33. The summed E-state index contributed by atoms with van der Waals surface area (Å²) in [4.78, 5) is 4.96. The number of furan rings is 1. The summed E-state index contributed by atoms with van der Waals surface area (Å²) in [5, 5.41) is 2.25. The second-order valence-corrected chi connectivity index (χ2v) is 15.3. The highest BCUT2D eigenvalue weighted by atomic mass is 16.3. The van der Waals surface area contributed by atoms with E-state index in [-0.39, 0.29) is 6.71 Å². The third kappa shape index (κ3) is 5.02. The summed E-state index contributed by atoms with van der Waals surface area (Å²) >= 11 is 0. The van der Waals surface area contributed by atoms with Crippen molar-refractivity contribution in [1.29, 1.82) is 0 Å². The number of nitrogens with zero attached hydrogens (tertiary/aromatic N) is 2. The van der Waals surface area contributed by atoms with E-state index in [0.29, 0.717) is 0 Å². The van der Waals surface area contributed by atoms with Crippen LogP contribution in [-0.2, 0) is 0 Å². The predicted octanol–water partition coefficient (Wildman–Crippen LogP) is 12.7. The lowest BCUT2D eigenvalue weighted by Gasteiger charge is -2.44. The van der Waals surface area contributed by atoms with Crippen LogP contribution in [0, 0.1) is 0 Å². The second-order valence-electron chi connectivity index (χ2n) is 15.3. The highest BCUT2D eigenvalue weighted by molar-refractivity contribution is 7.00. The largest absolute Gasteiger partial charge is 0.455 e. The zero-order valence-electron chi connectivity index (χ0n) is 31.6. The molecule has 2 aliphatic heterocycles. The molecule has 0 fully saturated rings. The van der Waals surface area contributed by atoms with Crippen molar-refractivity contribution in [2.24, 2.45) is 0 Å². The highest BCUT2D eigenvalue weighted by Crippen LogP contribution is 2.47. The maximum Gasteiger partial charge on any atom is 0.252 e. The van der Waals surface area contributed by atoms with Gasteiger partial charge in [-0.3, -0.25) is 0 Å². The summed E-state index contributed by atoms with van der Waals surface area (Å²) in [6, 6.07) is 77.0. The van der Waals surface area contributed by atoms with Crippen molar-refractivity contribution < 1.29 is 4.42 Å². The molecule has 3 nitrogen and oxygen atoms in total. The Morgan fingerprint density at radius 3 is 1.38 bits per heavy atom. The average molecular weight is 739 g/mol. The van der Waals surface area contributed by atoms with Crippen LogP contribution < -0.4 is 26.2 Å². The molecule has 10 aromatic rings.